The molecule has 0 atom stereocenters. The molecule has 0 unspecified atom stereocenters. The maximum atomic E-state index is 13.6. The van der Waals surface area contributed by atoms with Gasteiger partial charge in [-0.05, 0) is 81.6 Å². The van der Waals surface area contributed by atoms with Crippen LogP contribution >= 0.6 is 0 Å². The van der Waals surface area contributed by atoms with Crippen molar-refractivity contribution in [3.05, 3.63) is 92.9 Å². The van der Waals surface area contributed by atoms with Gasteiger partial charge in [0, 0.05) is 17.6 Å². The third kappa shape index (κ3) is 4.88. The predicted octanol–water partition coefficient (Wildman–Crippen LogP) is 4.41. The van der Waals surface area contributed by atoms with Gasteiger partial charge in [-0.3, -0.25) is 9.59 Å². The zero-order valence-corrected chi connectivity index (χ0v) is 21.2. The molecule has 1 N–H and O–H groups in total. The van der Waals surface area contributed by atoms with E-state index in [2.05, 4.69) is 10.3 Å². The number of hydrogen-bond acceptors (Lipinski definition) is 5. The molecule has 0 spiro atoms. The molecule has 2 heterocycles. The Balaban J connectivity index is 1.84. The molecular formula is C27H27N3O4S. The molecule has 7 nitrogen and oxygen atoms in total. The number of nitrogens with one attached hydrogen (secondary N) is 1. The van der Waals surface area contributed by atoms with Crippen molar-refractivity contribution >= 4 is 32.5 Å². The normalized spacial score (nSPS) is 11.6. The van der Waals surface area contributed by atoms with Gasteiger partial charge < -0.3 is 9.88 Å². The number of benzene rings is 2. The van der Waals surface area contributed by atoms with E-state index in [9.17, 15) is 18.0 Å². The van der Waals surface area contributed by atoms with Crippen LogP contribution in [0.25, 0.3) is 11.0 Å². The Bertz CT molecular complexity index is 1630. The number of aromatic nitrogens is 2. The minimum absolute atomic E-state index is 0.0610. The van der Waals surface area contributed by atoms with Gasteiger partial charge in [0.15, 0.2) is 0 Å². The third-order valence-electron chi connectivity index (χ3n) is 5.76. The van der Waals surface area contributed by atoms with E-state index in [1.807, 2.05) is 39.0 Å². The lowest BCUT2D eigenvalue weighted by molar-refractivity contribution is -0.116. The lowest BCUT2D eigenvalue weighted by Gasteiger charge is -2.15. The highest BCUT2D eigenvalue weighted by atomic mass is 32.2. The summed E-state index contributed by atoms with van der Waals surface area (Å²) in [6, 6.07) is 13.9. The first-order valence-corrected chi connectivity index (χ1v) is 12.7. The zero-order chi connectivity index (χ0) is 25.5. The fraction of sp³-hybridized carbons (Fsp3) is 0.222. The first kappa shape index (κ1) is 24.3. The first-order valence-electron chi connectivity index (χ1n) is 11.2. The summed E-state index contributed by atoms with van der Waals surface area (Å²) in [7, 11) is -4.14. The smallest absolute Gasteiger partial charge is 0.244 e. The number of aryl methyl sites for hydroxylation is 5. The summed E-state index contributed by atoms with van der Waals surface area (Å²) in [5.74, 6) is -0.363. The average Bonchev–Trinajstić information content (AvgIpc) is 2.74. The van der Waals surface area contributed by atoms with E-state index in [0.29, 0.717) is 16.9 Å². The Kier molecular flexibility index (Phi) is 6.34. The number of nitrogens with zero attached hydrogens (tertiary/aromatic N) is 2. The summed E-state index contributed by atoms with van der Waals surface area (Å²) < 4.78 is 28.6. The number of sulfone groups is 1. The highest BCUT2D eigenvalue weighted by Crippen LogP contribution is 2.24. The van der Waals surface area contributed by atoms with E-state index >= 15 is 0 Å². The Hall–Kier alpha value is -3.78. The zero-order valence-electron chi connectivity index (χ0n) is 20.3. The molecule has 0 aliphatic rings. The lowest BCUT2D eigenvalue weighted by atomic mass is 10.1. The number of hydrogen-bond donors (Lipinski definition) is 1. The van der Waals surface area contributed by atoms with Crippen LogP contribution in [0, 0.1) is 34.6 Å². The van der Waals surface area contributed by atoms with Gasteiger partial charge in [0.25, 0.3) is 0 Å². The number of carbonyl (C=O) groups is 1. The minimum Gasteiger partial charge on any atom is -0.325 e. The number of pyridine rings is 2. The summed E-state index contributed by atoms with van der Waals surface area (Å²) >= 11 is 0. The van der Waals surface area contributed by atoms with Crippen molar-refractivity contribution in [2.24, 2.45) is 0 Å². The van der Waals surface area contributed by atoms with Crippen molar-refractivity contribution in [1.29, 1.82) is 0 Å². The predicted molar refractivity (Wildman–Crippen MR) is 137 cm³/mol. The Morgan fingerprint density at radius 2 is 1.57 bits per heavy atom. The highest BCUT2D eigenvalue weighted by molar-refractivity contribution is 7.91. The molecule has 1 amide bonds. The molecular weight excluding hydrogens is 462 g/mol. The minimum atomic E-state index is -4.14. The van der Waals surface area contributed by atoms with Crippen LogP contribution in [0.15, 0.2) is 69.3 Å². The third-order valence-corrected chi connectivity index (χ3v) is 7.66. The van der Waals surface area contributed by atoms with Gasteiger partial charge in [0.1, 0.15) is 17.1 Å². The van der Waals surface area contributed by atoms with Gasteiger partial charge in [-0.15, -0.1) is 0 Å². The largest absolute Gasteiger partial charge is 0.325 e. The van der Waals surface area contributed by atoms with Crippen molar-refractivity contribution in [1.82, 2.24) is 9.55 Å². The topological polar surface area (TPSA) is 98.1 Å². The fourth-order valence-electron chi connectivity index (χ4n) is 4.27. The molecule has 4 rings (SSSR count). The average molecular weight is 490 g/mol. The van der Waals surface area contributed by atoms with E-state index in [1.165, 1.54) is 16.8 Å². The molecule has 8 heteroatoms. The van der Waals surface area contributed by atoms with Crippen LogP contribution in [0.4, 0.5) is 5.69 Å². The molecule has 0 fully saturated rings. The summed E-state index contributed by atoms with van der Waals surface area (Å²) in [4.78, 5) is 30.4. The van der Waals surface area contributed by atoms with Gasteiger partial charge in [-0.1, -0.05) is 23.8 Å². The first-order chi connectivity index (χ1) is 16.5. The van der Waals surface area contributed by atoms with E-state index in [4.69, 9.17) is 0 Å². The molecule has 180 valence electrons. The molecule has 0 bridgehead atoms. The molecule has 0 saturated carbocycles. The molecule has 35 heavy (non-hydrogen) atoms. The SMILES string of the molecule is Cc1cc(C)cc(NC(=O)Cn2cc(S(=O)(=O)c3ccc(C)cc3C)c(=O)c3ccc(C)nc32)c1. The number of amides is 1. The Morgan fingerprint density at radius 3 is 2.23 bits per heavy atom. The lowest BCUT2D eigenvalue weighted by Crippen LogP contribution is -2.24. The van der Waals surface area contributed by atoms with E-state index in [-0.39, 0.29) is 33.3 Å². The monoisotopic (exact) mass is 489 g/mol. The molecule has 4 aromatic rings. The molecule has 0 aliphatic heterocycles. The van der Waals surface area contributed by atoms with Crippen LogP contribution in [-0.2, 0) is 21.2 Å². The van der Waals surface area contributed by atoms with Gasteiger partial charge in [-0.2, -0.15) is 0 Å². The summed E-state index contributed by atoms with van der Waals surface area (Å²) in [6.45, 7) is 9.00. The fourth-order valence-corrected chi connectivity index (χ4v) is 5.85. The van der Waals surface area contributed by atoms with Crippen molar-refractivity contribution in [3.63, 3.8) is 0 Å². The van der Waals surface area contributed by atoms with Crippen molar-refractivity contribution in [2.45, 2.75) is 51.0 Å². The van der Waals surface area contributed by atoms with Crippen molar-refractivity contribution < 1.29 is 13.2 Å². The van der Waals surface area contributed by atoms with E-state index in [1.54, 1.807) is 38.1 Å². The van der Waals surface area contributed by atoms with Crippen LogP contribution in [0.5, 0.6) is 0 Å². The molecule has 2 aromatic heterocycles. The van der Waals surface area contributed by atoms with Crippen molar-refractivity contribution in [2.75, 3.05) is 5.32 Å². The second-order valence-corrected chi connectivity index (χ2v) is 10.9. The quantitative estimate of drug-likeness (QED) is 0.448. The molecule has 0 radical (unpaired) electrons. The Morgan fingerprint density at radius 1 is 0.886 bits per heavy atom. The molecule has 2 aromatic carbocycles. The Labute approximate surface area is 204 Å². The van der Waals surface area contributed by atoms with E-state index < -0.39 is 15.3 Å². The van der Waals surface area contributed by atoms with Crippen LogP contribution in [-0.4, -0.2) is 23.9 Å². The molecule has 0 saturated heterocycles. The number of carbonyl (C=O) groups excluding carboxylic acids is 1. The highest BCUT2D eigenvalue weighted by Gasteiger charge is 2.26. The van der Waals surface area contributed by atoms with Crippen LogP contribution < -0.4 is 10.7 Å². The second-order valence-electron chi connectivity index (χ2n) is 8.97. The maximum Gasteiger partial charge on any atom is 0.244 e. The van der Waals surface area contributed by atoms with Crippen LogP contribution in [0.1, 0.15) is 27.9 Å². The number of fused-ring (bicyclic) bond motifs is 1. The van der Waals surface area contributed by atoms with Crippen molar-refractivity contribution in [3.8, 4) is 0 Å². The standard InChI is InChI=1S/C27H27N3O4S/c1-16-6-9-23(19(4)11-16)35(33,34)24-14-30(27-22(26(24)32)8-7-20(5)28-27)15-25(31)29-21-12-17(2)10-18(3)13-21/h6-14H,15H2,1-5H3,(H,29,31). The van der Waals surface area contributed by atoms with Gasteiger partial charge >= 0.3 is 0 Å². The summed E-state index contributed by atoms with van der Waals surface area (Å²) in [5, 5.41) is 3.00. The van der Waals surface area contributed by atoms with Crippen LogP contribution in [0.3, 0.4) is 0 Å². The summed E-state index contributed by atoms with van der Waals surface area (Å²) in [6.07, 6.45) is 1.23. The van der Waals surface area contributed by atoms with Gasteiger partial charge in [-0.25, -0.2) is 13.4 Å². The van der Waals surface area contributed by atoms with E-state index in [0.717, 1.165) is 16.7 Å². The number of anilines is 1. The summed E-state index contributed by atoms with van der Waals surface area (Å²) in [5.41, 5.74) is 4.38. The molecule has 0 aliphatic carbocycles. The van der Waals surface area contributed by atoms with Gasteiger partial charge in [0.2, 0.25) is 21.2 Å². The second kappa shape index (κ2) is 9.11. The maximum absolute atomic E-state index is 13.6. The van der Waals surface area contributed by atoms with Crippen LogP contribution in [0.2, 0.25) is 0 Å². The van der Waals surface area contributed by atoms with Gasteiger partial charge in [0.05, 0.1) is 10.3 Å². The number of rotatable bonds is 5.